The van der Waals surface area contributed by atoms with Crippen LogP contribution in [0.3, 0.4) is 0 Å². The molecule has 0 aromatic carbocycles. The first kappa shape index (κ1) is 12.7. The van der Waals surface area contributed by atoms with E-state index < -0.39 is 0 Å². The van der Waals surface area contributed by atoms with Crippen LogP contribution in [0.25, 0.3) is 22.6 Å². The predicted molar refractivity (Wildman–Crippen MR) is 83.0 cm³/mol. The van der Waals surface area contributed by atoms with Gasteiger partial charge in [0.1, 0.15) is 11.3 Å². The van der Waals surface area contributed by atoms with Crippen LogP contribution in [0.15, 0.2) is 27.9 Å². The highest BCUT2D eigenvalue weighted by Gasteiger charge is 2.15. The summed E-state index contributed by atoms with van der Waals surface area (Å²) in [5.74, 6) is 2.08. The standard InChI is InChI=1S/C14H15N3S2/c1-4-18-14-10(5-6-19-14)12-16-11-7-9(2)8-15-13(11)17(12)3/h5-8H,4H2,1-3H3. The van der Waals surface area contributed by atoms with Gasteiger partial charge in [0.2, 0.25) is 0 Å². The number of aromatic nitrogens is 3. The minimum absolute atomic E-state index is 0.944. The van der Waals surface area contributed by atoms with Crippen molar-refractivity contribution in [3.63, 3.8) is 0 Å². The topological polar surface area (TPSA) is 30.7 Å². The van der Waals surface area contributed by atoms with Gasteiger partial charge in [-0.05, 0) is 35.8 Å². The molecule has 0 aliphatic carbocycles. The van der Waals surface area contributed by atoms with Crippen LogP contribution >= 0.6 is 23.1 Å². The summed E-state index contributed by atoms with van der Waals surface area (Å²) in [6, 6.07) is 4.24. The quantitative estimate of drug-likeness (QED) is 0.680. The monoisotopic (exact) mass is 289 g/mol. The summed E-state index contributed by atoms with van der Waals surface area (Å²) in [6.07, 6.45) is 1.89. The molecule has 19 heavy (non-hydrogen) atoms. The lowest BCUT2D eigenvalue weighted by Crippen LogP contribution is -1.93. The van der Waals surface area contributed by atoms with Gasteiger partial charge in [-0.1, -0.05) is 6.92 Å². The SMILES string of the molecule is CCSc1sccc1-c1nc2cc(C)cnc2n1C. The number of thiophene rings is 1. The number of hydrogen-bond donors (Lipinski definition) is 0. The van der Waals surface area contributed by atoms with Gasteiger partial charge in [0.15, 0.2) is 5.65 Å². The van der Waals surface area contributed by atoms with Gasteiger partial charge in [-0.2, -0.15) is 0 Å². The first-order valence-corrected chi connectivity index (χ1v) is 8.07. The second-order valence-corrected chi connectivity index (χ2v) is 6.85. The molecule has 0 bridgehead atoms. The summed E-state index contributed by atoms with van der Waals surface area (Å²) in [5, 5.41) is 2.13. The Balaban J connectivity index is 2.19. The van der Waals surface area contributed by atoms with Gasteiger partial charge in [0.05, 0.1) is 4.21 Å². The zero-order valence-corrected chi connectivity index (χ0v) is 12.8. The third kappa shape index (κ3) is 2.17. The highest BCUT2D eigenvalue weighted by atomic mass is 32.2. The Bertz CT molecular complexity index is 727. The number of aryl methyl sites for hydroxylation is 2. The van der Waals surface area contributed by atoms with E-state index in [0.29, 0.717) is 0 Å². The second-order valence-electron chi connectivity index (χ2n) is 4.40. The third-order valence-corrected chi connectivity index (χ3v) is 5.11. The lowest BCUT2D eigenvalue weighted by molar-refractivity contribution is 0.939. The minimum atomic E-state index is 0.944. The van der Waals surface area contributed by atoms with Crippen molar-refractivity contribution in [2.45, 2.75) is 18.1 Å². The summed E-state index contributed by atoms with van der Waals surface area (Å²) in [4.78, 5) is 9.24. The lowest BCUT2D eigenvalue weighted by Gasteiger charge is -2.02. The molecule has 0 saturated heterocycles. The van der Waals surface area contributed by atoms with Crippen molar-refractivity contribution in [1.82, 2.24) is 14.5 Å². The Labute approximate surface area is 120 Å². The van der Waals surface area contributed by atoms with Gasteiger partial charge in [-0.25, -0.2) is 9.97 Å². The van der Waals surface area contributed by atoms with E-state index in [9.17, 15) is 0 Å². The fourth-order valence-corrected chi connectivity index (χ4v) is 4.11. The van der Waals surface area contributed by atoms with Gasteiger partial charge >= 0.3 is 0 Å². The van der Waals surface area contributed by atoms with Crippen molar-refractivity contribution in [2.24, 2.45) is 7.05 Å². The van der Waals surface area contributed by atoms with Gasteiger partial charge < -0.3 is 4.57 Å². The average molecular weight is 289 g/mol. The van der Waals surface area contributed by atoms with Crippen molar-refractivity contribution in [2.75, 3.05) is 5.75 Å². The molecule has 0 unspecified atom stereocenters. The van der Waals surface area contributed by atoms with E-state index in [4.69, 9.17) is 4.98 Å². The normalized spacial score (nSPS) is 11.3. The van der Waals surface area contributed by atoms with E-state index in [-0.39, 0.29) is 0 Å². The Morgan fingerprint density at radius 3 is 3.05 bits per heavy atom. The van der Waals surface area contributed by atoms with E-state index in [1.54, 1.807) is 11.3 Å². The maximum atomic E-state index is 4.75. The lowest BCUT2D eigenvalue weighted by atomic mass is 10.3. The molecular formula is C14H15N3S2. The average Bonchev–Trinajstić information content (AvgIpc) is 2.95. The van der Waals surface area contributed by atoms with Crippen molar-refractivity contribution in [3.05, 3.63) is 29.3 Å². The fraction of sp³-hybridized carbons (Fsp3) is 0.286. The number of hydrogen-bond acceptors (Lipinski definition) is 4. The van der Waals surface area contributed by atoms with Gasteiger partial charge in [0, 0.05) is 18.8 Å². The maximum absolute atomic E-state index is 4.75. The van der Waals surface area contributed by atoms with E-state index >= 15 is 0 Å². The highest BCUT2D eigenvalue weighted by Crippen LogP contribution is 2.36. The van der Waals surface area contributed by atoms with E-state index in [1.165, 1.54) is 9.77 Å². The molecule has 0 aliphatic heterocycles. The number of thioether (sulfide) groups is 1. The van der Waals surface area contributed by atoms with Crippen LogP contribution in [0, 0.1) is 6.92 Å². The van der Waals surface area contributed by atoms with E-state index in [0.717, 1.165) is 28.3 Å². The molecule has 3 heterocycles. The van der Waals surface area contributed by atoms with Gasteiger partial charge in [-0.15, -0.1) is 23.1 Å². The number of fused-ring (bicyclic) bond motifs is 1. The highest BCUT2D eigenvalue weighted by molar-refractivity contribution is 8.01. The van der Waals surface area contributed by atoms with Crippen LogP contribution in [0.2, 0.25) is 0 Å². The number of rotatable bonds is 3. The molecule has 3 aromatic heterocycles. The molecule has 0 spiro atoms. The molecular weight excluding hydrogens is 274 g/mol. The first-order valence-electron chi connectivity index (χ1n) is 6.20. The molecule has 3 aromatic rings. The van der Waals surface area contributed by atoms with Crippen molar-refractivity contribution in [3.8, 4) is 11.4 Å². The predicted octanol–water partition coefficient (Wildman–Crippen LogP) is 4.12. The van der Waals surface area contributed by atoms with E-state index in [2.05, 4.69) is 34.0 Å². The molecule has 0 amide bonds. The minimum Gasteiger partial charge on any atom is -0.312 e. The molecule has 3 rings (SSSR count). The fourth-order valence-electron chi connectivity index (χ4n) is 2.12. The summed E-state index contributed by atoms with van der Waals surface area (Å²) >= 11 is 3.65. The van der Waals surface area contributed by atoms with Crippen LogP contribution in [0.5, 0.6) is 0 Å². The largest absolute Gasteiger partial charge is 0.312 e. The third-order valence-electron chi connectivity index (χ3n) is 2.99. The molecule has 98 valence electrons. The molecule has 3 nitrogen and oxygen atoms in total. The molecule has 0 fully saturated rings. The Kier molecular flexibility index (Phi) is 3.33. The molecule has 0 saturated carbocycles. The second kappa shape index (κ2) is 4.98. The van der Waals surface area contributed by atoms with Gasteiger partial charge in [0.25, 0.3) is 0 Å². The van der Waals surface area contributed by atoms with Gasteiger partial charge in [-0.3, -0.25) is 0 Å². The molecule has 5 heteroatoms. The maximum Gasteiger partial charge on any atom is 0.160 e. The van der Waals surface area contributed by atoms with Crippen molar-refractivity contribution in [1.29, 1.82) is 0 Å². The van der Waals surface area contributed by atoms with Crippen LogP contribution in [-0.4, -0.2) is 20.3 Å². The number of nitrogens with zero attached hydrogens (tertiary/aromatic N) is 3. The van der Waals surface area contributed by atoms with Crippen molar-refractivity contribution >= 4 is 34.3 Å². The Morgan fingerprint density at radius 1 is 1.42 bits per heavy atom. The van der Waals surface area contributed by atoms with Crippen molar-refractivity contribution < 1.29 is 0 Å². The summed E-state index contributed by atoms with van der Waals surface area (Å²) in [7, 11) is 2.03. The Morgan fingerprint density at radius 2 is 2.26 bits per heavy atom. The van der Waals surface area contributed by atoms with Crippen LogP contribution in [0.4, 0.5) is 0 Å². The zero-order valence-electron chi connectivity index (χ0n) is 11.2. The molecule has 0 N–H and O–H groups in total. The van der Waals surface area contributed by atoms with Crippen LogP contribution in [0.1, 0.15) is 12.5 Å². The van der Waals surface area contributed by atoms with Crippen LogP contribution in [-0.2, 0) is 7.05 Å². The number of imidazole rings is 1. The summed E-state index contributed by atoms with van der Waals surface area (Å²) in [6.45, 7) is 4.22. The molecule has 0 radical (unpaired) electrons. The molecule has 0 aliphatic rings. The first-order chi connectivity index (χ1) is 9.20. The summed E-state index contributed by atoms with van der Waals surface area (Å²) < 4.78 is 3.41. The zero-order chi connectivity index (χ0) is 13.4. The van der Waals surface area contributed by atoms with Crippen LogP contribution < -0.4 is 0 Å². The van der Waals surface area contributed by atoms with E-state index in [1.807, 2.05) is 31.9 Å². The smallest absolute Gasteiger partial charge is 0.160 e. The number of pyridine rings is 1. The Hall–Kier alpha value is -1.33. The molecule has 0 atom stereocenters. The summed E-state index contributed by atoms with van der Waals surface area (Å²) in [5.41, 5.74) is 4.27.